The predicted octanol–water partition coefficient (Wildman–Crippen LogP) is 3.44. The Kier molecular flexibility index (Phi) is 4.80. The Labute approximate surface area is 129 Å². The molecule has 0 saturated carbocycles. The van der Waals surface area contributed by atoms with Crippen molar-refractivity contribution >= 4 is 27.4 Å². The number of hydrogen-bond acceptors (Lipinski definition) is 4. The molecule has 0 bridgehead atoms. The van der Waals surface area contributed by atoms with Crippen molar-refractivity contribution < 1.29 is 8.42 Å². The van der Waals surface area contributed by atoms with Crippen molar-refractivity contribution in [1.29, 1.82) is 0 Å². The predicted molar refractivity (Wildman–Crippen MR) is 83.0 cm³/mol. The fourth-order valence-corrected chi connectivity index (χ4v) is 3.01. The van der Waals surface area contributed by atoms with Gasteiger partial charge in [-0.05, 0) is 30.0 Å². The van der Waals surface area contributed by atoms with Crippen molar-refractivity contribution in [2.45, 2.75) is 31.1 Å². The van der Waals surface area contributed by atoms with Gasteiger partial charge in [0.15, 0.2) is 11.0 Å². The van der Waals surface area contributed by atoms with Crippen LogP contribution in [0.4, 0.5) is 5.82 Å². The Morgan fingerprint density at radius 2 is 1.81 bits per heavy atom. The molecule has 1 unspecified atom stereocenters. The number of hydrogen-bond donors (Lipinski definition) is 1. The van der Waals surface area contributed by atoms with Crippen molar-refractivity contribution in [3.05, 3.63) is 47.4 Å². The molecule has 0 fully saturated rings. The lowest BCUT2D eigenvalue weighted by molar-refractivity contribution is 0.601. The van der Waals surface area contributed by atoms with Crippen LogP contribution in [0.1, 0.15) is 31.7 Å². The van der Waals surface area contributed by atoms with E-state index in [2.05, 4.69) is 28.5 Å². The van der Waals surface area contributed by atoms with Crippen LogP contribution in [0.15, 0.2) is 41.6 Å². The Balaban J connectivity index is 2.26. The second-order valence-electron chi connectivity index (χ2n) is 4.68. The van der Waals surface area contributed by atoms with E-state index >= 15 is 0 Å². The highest BCUT2D eigenvalue weighted by Gasteiger charge is 2.17. The van der Waals surface area contributed by atoms with Crippen molar-refractivity contribution in [2.24, 2.45) is 0 Å². The molecule has 21 heavy (non-hydrogen) atoms. The van der Waals surface area contributed by atoms with Gasteiger partial charge in [-0.3, -0.25) is 4.72 Å². The molecule has 2 aromatic rings. The van der Waals surface area contributed by atoms with E-state index in [1.54, 1.807) is 12.1 Å². The summed E-state index contributed by atoms with van der Waals surface area (Å²) in [4.78, 5) is 7.81. The Morgan fingerprint density at radius 3 is 2.38 bits per heavy atom. The first-order valence-corrected chi connectivity index (χ1v) is 8.39. The van der Waals surface area contributed by atoms with Gasteiger partial charge in [-0.2, -0.15) is 0 Å². The van der Waals surface area contributed by atoms with Gasteiger partial charge in [-0.15, -0.1) is 0 Å². The summed E-state index contributed by atoms with van der Waals surface area (Å²) in [6, 6.07) is 6.80. The van der Waals surface area contributed by atoms with Crippen molar-refractivity contribution in [1.82, 2.24) is 9.97 Å². The van der Waals surface area contributed by atoms with E-state index in [4.69, 9.17) is 11.6 Å². The molecule has 1 aromatic carbocycles. The highest BCUT2D eigenvalue weighted by molar-refractivity contribution is 7.92. The molecule has 112 valence electrons. The van der Waals surface area contributed by atoms with E-state index in [9.17, 15) is 8.42 Å². The van der Waals surface area contributed by atoms with Crippen LogP contribution in [-0.2, 0) is 10.0 Å². The first-order chi connectivity index (χ1) is 9.94. The minimum absolute atomic E-state index is 0.0114. The average molecular weight is 326 g/mol. The zero-order valence-corrected chi connectivity index (χ0v) is 13.3. The molecular formula is C14H16ClN3O2S. The maximum Gasteiger partial charge on any atom is 0.263 e. The van der Waals surface area contributed by atoms with Gasteiger partial charge in [0.1, 0.15) is 0 Å². The number of nitrogens with zero attached hydrogens (tertiary/aromatic N) is 2. The first kappa shape index (κ1) is 15.7. The second kappa shape index (κ2) is 6.41. The molecule has 0 saturated heterocycles. The molecule has 1 N–H and O–H groups in total. The largest absolute Gasteiger partial charge is 0.263 e. The van der Waals surface area contributed by atoms with Gasteiger partial charge in [0.25, 0.3) is 10.0 Å². The van der Waals surface area contributed by atoms with Crippen LogP contribution in [0.3, 0.4) is 0 Å². The number of aromatic nitrogens is 2. The van der Waals surface area contributed by atoms with E-state index < -0.39 is 10.0 Å². The number of rotatable bonds is 5. The minimum atomic E-state index is -3.72. The molecule has 5 nitrogen and oxygen atoms in total. The zero-order chi connectivity index (χ0) is 15.5. The van der Waals surface area contributed by atoms with Crippen molar-refractivity contribution in [2.75, 3.05) is 4.72 Å². The lowest BCUT2D eigenvalue weighted by Gasteiger charge is -2.11. The lowest BCUT2D eigenvalue weighted by atomic mass is 9.99. The maximum atomic E-state index is 12.3. The molecule has 1 aromatic heterocycles. The topological polar surface area (TPSA) is 72.0 Å². The van der Waals surface area contributed by atoms with E-state index in [1.807, 2.05) is 12.1 Å². The molecule has 2 rings (SSSR count). The SMILES string of the molecule is CCC(C)c1ccc(S(=O)(=O)Nc2nccnc2Cl)cc1. The van der Waals surface area contributed by atoms with E-state index in [1.165, 1.54) is 12.4 Å². The standard InChI is InChI=1S/C14H16ClN3O2S/c1-3-10(2)11-4-6-12(7-5-11)21(19,20)18-14-13(15)16-8-9-17-14/h4-10H,3H2,1-2H3,(H,17,18). The smallest absolute Gasteiger partial charge is 0.261 e. The molecule has 1 heterocycles. The molecule has 1 atom stereocenters. The molecular weight excluding hydrogens is 310 g/mol. The number of halogens is 1. The van der Waals surface area contributed by atoms with Crippen LogP contribution in [0.2, 0.25) is 5.15 Å². The molecule has 0 aliphatic heterocycles. The van der Waals surface area contributed by atoms with Gasteiger partial charge in [0, 0.05) is 12.4 Å². The normalized spacial score (nSPS) is 12.9. The summed E-state index contributed by atoms with van der Waals surface area (Å²) in [5.74, 6) is 0.411. The van der Waals surface area contributed by atoms with E-state index in [-0.39, 0.29) is 15.9 Å². The van der Waals surface area contributed by atoms with E-state index in [0.29, 0.717) is 5.92 Å². The van der Waals surface area contributed by atoms with Gasteiger partial charge in [0.05, 0.1) is 4.90 Å². The summed E-state index contributed by atoms with van der Waals surface area (Å²) in [6.45, 7) is 4.19. The van der Waals surface area contributed by atoms with E-state index in [0.717, 1.165) is 12.0 Å². The number of sulfonamides is 1. The molecule has 0 aliphatic rings. The highest BCUT2D eigenvalue weighted by Crippen LogP contribution is 2.23. The summed E-state index contributed by atoms with van der Waals surface area (Å²) >= 11 is 5.80. The van der Waals surface area contributed by atoms with Crippen LogP contribution in [-0.4, -0.2) is 18.4 Å². The monoisotopic (exact) mass is 325 g/mol. The first-order valence-electron chi connectivity index (χ1n) is 6.53. The van der Waals surface area contributed by atoms with Crippen LogP contribution in [0.25, 0.3) is 0 Å². The zero-order valence-electron chi connectivity index (χ0n) is 11.7. The van der Waals surface area contributed by atoms with Crippen LogP contribution >= 0.6 is 11.6 Å². The third-order valence-corrected chi connectivity index (χ3v) is 4.89. The Hall–Kier alpha value is -1.66. The third kappa shape index (κ3) is 3.71. The van der Waals surface area contributed by atoms with Gasteiger partial charge < -0.3 is 0 Å². The number of anilines is 1. The van der Waals surface area contributed by atoms with Gasteiger partial charge in [0.2, 0.25) is 0 Å². The quantitative estimate of drug-likeness (QED) is 0.914. The molecule has 7 heteroatoms. The van der Waals surface area contributed by atoms with Gasteiger partial charge in [-0.1, -0.05) is 37.6 Å². The van der Waals surface area contributed by atoms with Crippen molar-refractivity contribution in [3.63, 3.8) is 0 Å². The summed E-state index contributed by atoms with van der Waals surface area (Å²) in [5.41, 5.74) is 1.11. The van der Waals surface area contributed by atoms with Gasteiger partial charge >= 0.3 is 0 Å². The summed E-state index contributed by atoms with van der Waals surface area (Å²) < 4.78 is 26.9. The fraction of sp³-hybridized carbons (Fsp3) is 0.286. The van der Waals surface area contributed by atoms with Crippen LogP contribution in [0.5, 0.6) is 0 Å². The summed E-state index contributed by atoms with van der Waals surface area (Å²) in [7, 11) is -3.72. The van der Waals surface area contributed by atoms with Crippen LogP contribution in [0, 0.1) is 0 Å². The molecule has 0 radical (unpaired) electrons. The fourth-order valence-electron chi connectivity index (χ4n) is 1.79. The average Bonchev–Trinajstić information content (AvgIpc) is 2.49. The minimum Gasteiger partial charge on any atom is -0.261 e. The Morgan fingerprint density at radius 1 is 1.19 bits per heavy atom. The van der Waals surface area contributed by atoms with Gasteiger partial charge in [-0.25, -0.2) is 18.4 Å². The van der Waals surface area contributed by atoms with Crippen molar-refractivity contribution in [3.8, 4) is 0 Å². The highest BCUT2D eigenvalue weighted by atomic mass is 35.5. The summed E-state index contributed by atoms with van der Waals surface area (Å²) in [5, 5.41) is 0.0114. The maximum absolute atomic E-state index is 12.3. The Bertz CT molecular complexity index is 717. The molecule has 0 aliphatic carbocycles. The lowest BCUT2D eigenvalue weighted by Crippen LogP contribution is -2.14. The number of nitrogens with one attached hydrogen (secondary N) is 1. The summed E-state index contributed by atoms with van der Waals surface area (Å²) in [6.07, 6.45) is 3.76. The molecule has 0 spiro atoms. The molecule has 0 amide bonds. The van der Waals surface area contributed by atoms with Crippen LogP contribution < -0.4 is 4.72 Å². The second-order valence-corrected chi connectivity index (χ2v) is 6.72. The third-order valence-electron chi connectivity index (χ3n) is 3.26. The number of benzene rings is 1.